The number of anilines is 1. The van der Waals surface area contributed by atoms with E-state index in [-0.39, 0.29) is 18.2 Å². The first-order chi connectivity index (χ1) is 16.3. The number of alkyl carbamates (subject to hydrolysis) is 1. The van der Waals surface area contributed by atoms with E-state index in [4.69, 9.17) is 4.74 Å². The highest BCUT2D eigenvalue weighted by Crippen LogP contribution is 2.44. The van der Waals surface area contributed by atoms with Crippen molar-refractivity contribution in [1.82, 2.24) is 5.32 Å². The molecular weight excluding hydrogens is 507 g/mol. The Kier molecular flexibility index (Phi) is 6.93. The zero-order chi connectivity index (χ0) is 24.2. The fraction of sp³-hybridized carbons (Fsp3) is 0.160. The third-order valence-electron chi connectivity index (χ3n) is 5.52. The highest BCUT2D eigenvalue weighted by atomic mass is 79.9. The van der Waals surface area contributed by atoms with Crippen molar-refractivity contribution in [2.24, 2.45) is 0 Å². The van der Waals surface area contributed by atoms with Crippen LogP contribution in [-0.2, 0) is 14.3 Å². The van der Waals surface area contributed by atoms with Gasteiger partial charge >= 0.3 is 12.1 Å². The van der Waals surface area contributed by atoms with Crippen LogP contribution in [0.15, 0.2) is 71.2 Å². The van der Waals surface area contributed by atoms with Crippen LogP contribution in [0.25, 0.3) is 11.1 Å². The molecule has 3 aromatic carbocycles. The summed E-state index contributed by atoms with van der Waals surface area (Å²) < 4.78 is 19.9. The molecule has 174 valence electrons. The van der Waals surface area contributed by atoms with E-state index in [0.717, 1.165) is 28.3 Å². The van der Waals surface area contributed by atoms with Gasteiger partial charge in [-0.3, -0.25) is 9.59 Å². The van der Waals surface area contributed by atoms with Crippen molar-refractivity contribution in [3.8, 4) is 11.1 Å². The number of hydrogen-bond acceptors (Lipinski definition) is 4. The lowest BCUT2D eigenvalue weighted by atomic mass is 9.98. The van der Waals surface area contributed by atoms with E-state index < -0.39 is 36.2 Å². The number of carbonyl (C=O) groups excluding carboxylic acids is 2. The van der Waals surface area contributed by atoms with Crippen LogP contribution >= 0.6 is 15.9 Å². The van der Waals surface area contributed by atoms with Gasteiger partial charge in [0.05, 0.1) is 12.1 Å². The second-order valence-electron chi connectivity index (χ2n) is 7.73. The summed E-state index contributed by atoms with van der Waals surface area (Å²) in [6, 6.07) is 18.1. The van der Waals surface area contributed by atoms with Crippen LogP contribution in [0, 0.1) is 5.82 Å². The fourth-order valence-corrected chi connectivity index (χ4v) is 4.34. The van der Waals surface area contributed by atoms with Crippen molar-refractivity contribution in [3.05, 3.63) is 88.1 Å². The average molecular weight is 527 g/mol. The number of fused-ring (bicyclic) bond motifs is 3. The number of amides is 2. The Morgan fingerprint density at radius 1 is 1.00 bits per heavy atom. The first kappa shape index (κ1) is 23.4. The minimum absolute atomic E-state index is 0.00152. The Labute approximate surface area is 203 Å². The quantitative estimate of drug-likeness (QED) is 0.405. The van der Waals surface area contributed by atoms with E-state index in [1.165, 1.54) is 12.1 Å². The molecule has 0 saturated heterocycles. The lowest BCUT2D eigenvalue weighted by Gasteiger charge is -2.19. The molecule has 1 atom stereocenters. The minimum atomic E-state index is -1.47. The Balaban J connectivity index is 1.44. The van der Waals surface area contributed by atoms with Crippen LogP contribution in [0.3, 0.4) is 0 Å². The summed E-state index contributed by atoms with van der Waals surface area (Å²) in [5, 5.41) is 13.8. The first-order valence-corrected chi connectivity index (χ1v) is 11.2. The molecule has 3 aromatic rings. The molecule has 9 heteroatoms. The van der Waals surface area contributed by atoms with E-state index in [2.05, 4.69) is 26.6 Å². The lowest BCUT2D eigenvalue weighted by Crippen LogP contribution is -2.45. The summed E-state index contributed by atoms with van der Waals surface area (Å²) in [6.07, 6.45) is -1.65. The van der Waals surface area contributed by atoms with Gasteiger partial charge in [-0.25, -0.2) is 9.18 Å². The fourth-order valence-electron chi connectivity index (χ4n) is 3.98. The molecular formula is C25H20BrFN2O5. The minimum Gasteiger partial charge on any atom is -0.481 e. The maximum atomic E-state index is 14.0. The van der Waals surface area contributed by atoms with Gasteiger partial charge in [0.15, 0.2) is 0 Å². The molecule has 0 bridgehead atoms. The number of carboxylic acid groups (broad SMARTS) is 1. The molecule has 0 radical (unpaired) electrons. The highest BCUT2D eigenvalue weighted by molar-refractivity contribution is 9.10. The van der Waals surface area contributed by atoms with Gasteiger partial charge in [0.1, 0.15) is 18.5 Å². The summed E-state index contributed by atoms with van der Waals surface area (Å²) >= 11 is 3.18. The number of rotatable bonds is 7. The van der Waals surface area contributed by atoms with E-state index in [1.54, 1.807) is 0 Å². The average Bonchev–Trinajstić information content (AvgIpc) is 3.13. The van der Waals surface area contributed by atoms with Gasteiger partial charge in [0.25, 0.3) is 0 Å². The summed E-state index contributed by atoms with van der Waals surface area (Å²) in [7, 11) is 0. The number of nitrogens with one attached hydrogen (secondary N) is 2. The second-order valence-corrected chi connectivity index (χ2v) is 8.65. The van der Waals surface area contributed by atoms with Crippen molar-refractivity contribution >= 4 is 39.6 Å². The van der Waals surface area contributed by atoms with Crippen molar-refractivity contribution < 1.29 is 28.6 Å². The van der Waals surface area contributed by atoms with Crippen LogP contribution in [0.1, 0.15) is 23.5 Å². The molecule has 0 heterocycles. The molecule has 0 aliphatic heterocycles. The van der Waals surface area contributed by atoms with Gasteiger partial charge in [-0.2, -0.15) is 0 Å². The molecule has 1 aliphatic carbocycles. The number of halogens is 2. The number of benzene rings is 3. The smallest absolute Gasteiger partial charge is 0.407 e. The van der Waals surface area contributed by atoms with Crippen LogP contribution in [0.4, 0.5) is 14.9 Å². The zero-order valence-corrected chi connectivity index (χ0v) is 19.3. The Morgan fingerprint density at radius 2 is 1.62 bits per heavy atom. The van der Waals surface area contributed by atoms with Gasteiger partial charge in [0.2, 0.25) is 5.91 Å². The molecule has 0 saturated carbocycles. The number of ether oxygens (including phenoxy) is 1. The van der Waals surface area contributed by atoms with Gasteiger partial charge in [0, 0.05) is 10.4 Å². The van der Waals surface area contributed by atoms with Gasteiger partial charge < -0.3 is 20.5 Å². The Hall–Kier alpha value is -3.72. The van der Waals surface area contributed by atoms with Crippen molar-refractivity contribution in [1.29, 1.82) is 0 Å². The van der Waals surface area contributed by atoms with Crippen LogP contribution in [0.5, 0.6) is 0 Å². The Bertz CT molecular complexity index is 1220. The van der Waals surface area contributed by atoms with Crippen LogP contribution in [-0.4, -0.2) is 35.7 Å². The summed E-state index contributed by atoms with van der Waals surface area (Å²) in [4.78, 5) is 36.4. The van der Waals surface area contributed by atoms with Gasteiger partial charge in [-0.05, 0) is 40.5 Å². The molecule has 7 nitrogen and oxygen atoms in total. The van der Waals surface area contributed by atoms with Crippen molar-refractivity contribution in [3.63, 3.8) is 0 Å². The SMILES string of the molecule is O=C(O)CC(NC(=O)OCC1c2ccccc2-c2ccccc21)C(=O)Nc1cc(Br)ccc1F. The van der Waals surface area contributed by atoms with E-state index >= 15 is 0 Å². The number of aliphatic carboxylic acids is 1. The maximum absolute atomic E-state index is 14.0. The summed E-state index contributed by atoms with van der Waals surface area (Å²) in [5.41, 5.74) is 4.00. The monoisotopic (exact) mass is 526 g/mol. The van der Waals surface area contributed by atoms with E-state index in [0.29, 0.717) is 4.47 Å². The maximum Gasteiger partial charge on any atom is 0.407 e. The molecule has 0 fully saturated rings. The molecule has 4 rings (SSSR count). The predicted octanol–water partition coefficient (Wildman–Crippen LogP) is 4.91. The molecule has 0 aromatic heterocycles. The highest BCUT2D eigenvalue weighted by Gasteiger charge is 2.30. The second kappa shape index (κ2) is 10.0. The number of carbonyl (C=O) groups is 3. The van der Waals surface area contributed by atoms with Gasteiger partial charge in [-0.1, -0.05) is 64.5 Å². The molecule has 1 unspecified atom stereocenters. The molecule has 0 spiro atoms. The number of carboxylic acids is 1. The predicted molar refractivity (Wildman–Crippen MR) is 127 cm³/mol. The van der Waals surface area contributed by atoms with Crippen molar-refractivity contribution in [2.75, 3.05) is 11.9 Å². The topological polar surface area (TPSA) is 105 Å². The van der Waals surface area contributed by atoms with E-state index in [1.807, 2.05) is 48.5 Å². The zero-order valence-electron chi connectivity index (χ0n) is 17.8. The van der Waals surface area contributed by atoms with Crippen LogP contribution < -0.4 is 10.6 Å². The Morgan fingerprint density at radius 3 is 2.24 bits per heavy atom. The third-order valence-corrected chi connectivity index (χ3v) is 6.01. The third kappa shape index (κ3) is 5.09. The lowest BCUT2D eigenvalue weighted by molar-refractivity contribution is -0.139. The molecule has 2 amide bonds. The number of hydrogen-bond donors (Lipinski definition) is 3. The van der Waals surface area contributed by atoms with Crippen molar-refractivity contribution in [2.45, 2.75) is 18.4 Å². The van der Waals surface area contributed by atoms with Gasteiger partial charge in [-0.15, -0.1) is 0 Å². The molecule has 3 N–H and O–H groups in total. The first-order valence-electron chi connectivity index (χ1n) is 10.4. The summed E-state index contributed by atoms with van der Waals surface area (Å²) in [5.74, 6) is -3.09. The largest absolute Gasteiger partial charge is 0.481 e. The van der Waals surface area contributed by atoms with E-state index in [9.17, 15) is 23.9 Å². The normalized spacial score (nSPS) is 12.9. The summed E-state index contributed by atoms with van der Waals surface area (Å²) in [6.45, 7) is 0.00152. The standard InChI is InChI=1S/C25H20BrFN2O5/c26-14-9-10-20(27)21(11-14)28-24(32)22(12-23(30)31)29-25(33)34-13-19-17-7-3-1-5-15(17)16-6-2-4-8-18(16)19/h1-11,19,22H,12-13H2,(H,28,32)(H,29,33)(H,30,31). The van der Waals surface area contributed by atoms with Crippen LogP contribution in [0.2, 0.25) is 0 Å². The molecule has 34 heavy (non-hydrogen) atoms. The molecule has 1 aliphatic rings.